The molecular weight excluding hydrogens is 366 g/mol. The van der Waals surface area contributed by atoms with Crippen LogP contribution in [0.4, 0.5) is 9.59 Å². The second kappa shape index (κ2) is 8.34. The second-order valence-corrected chi connectivity index (χ2v) is 6.70. The van der Waals surface area contributed by atoms with Crippen molar-refractivity contribution < 1.29 is 23.8 Å². The van der Waals surface area contributed by atoms with Crippen LogP contribution in [0.2, 0.25) is 0 Å². The van der Waals surface area contributed by atoms with Gasteiger partial charge in [0.05, 0.1) is 39.4 Å². The fourth-order valence-electron chi connectivity index (χ4n) is 3.49. The molecule has 1 aromatic rings. The Morgan fingerprint density at radius 1 is 1.39 bits per heavy atom. The van der Waals surface area contributed by atoms with Crippen molar-refractivity contribution in [2.45, 2.75) is 19.1 Å². The summed E-state index contributed by atoms with van der Waals surface area (Å²) in [7, 11) is 2.62. The lowest BCUT2D eigenvalue weighted by Crippen LogP contribution is -2.55. The number of nitrogens with zero attached hydrogens (tertiary/aromatic N) is 2. The summed E-state index contributed by atoms with van der Waals surface area (Å²) in [6.07, 6.45) is 6.05. The minimum atomic E-state index is -0.680. The molecular formula is C18H25N5O5. The molecule has 2 amide bonds. The van der Waals surface area contributed by atoms with Crippen LogP contribution in [0.5, 0.6) is 0 Å². The average Bonchev–Trinajstić information content (AvgIpc) is 3.19. The summed E-state index contributed by atoms with van der Waals surface area (Å²) in [5.74, 6) is -0.233. The minimum absolute atomic E-state index is 0.233. The Labute approximate surface area is 162 Å². The van der Waals surface area contributed by atoms with E-state index < -0.39 is 17.8 Å². The molecule has 0 bridgehead atoms. The first-order valence-corrected chi connectivity index (χ1v) is 8.93. The van der Waals surface area contributed by atoms with Gasteiger partial charge in [0.1, 0.15) is 5.60 Å². The lowest BCUT2D eigenvalue weighted by molar-refractivity contribution is -0.0889. The van der Waals surface area contributed by atoms with E-state index in [0.717, 1.165) is 11.4 Å². The maximum atomic E-state index is 11.7. The van der Waals surface area contributed by atoms with E-state index in [1.54, 1.807) is 12.5 Å². The molecule has 1 aromatic heterocycles. The highest BCUT2D eigenvalue weighted by molar-refractivity contribution is 5.70. The number of rotatable bonds is 5. The molecule has 3 N–H and O–H groups in total. The Bertz CT molecular complexity index is 775. The minimum Gasteiger partial charge on any atom is -0.453 e. The number of aromatic nitrogens is 2. The Balaban J connectivity index is 1.89. The standard InChI is InChI=1S/C18H25N5O5/c1-18-12(8-20-16(24)26-2)6-13(22-17(25)27-3)7-15(18)23(4-5-28-18)10-14-9-19-11-21-14/h6-7,9,11-12H,4-5,8,10H2,1-3H3,(H,19,21)(H,20,24)(H,22,25). The quantitative estimate of drug-likeness (QED) is 0.688. The molecule has 1 fully saturated rings. The first-order chi connectivity index (χ1) is 13.5. The topological polar surface area (TPSA) is 118 Å². The SMILES string of the molecule is COC(=O)NCC1C=C(NC(=O)OC)C=C2N(Cc3cnc[nH]3)CCOC21C. The first-order valence-electron chi connectivity index (χ1n) is 8.93. The number of hydrogen-bond donors (Lipinski definition) is 3. The van der Waals surface area contributed by atoms with Gasteiger partial charge in [-0.1, -0.05) is 6.08 Å². The number of methoxy groups -OCH3 is 2. The van der Waals surface area contributed by atoms with E-state index in [2.05, 4.69) is 30.2 Å². The highest BCUT2D eigenvalue weighted by Gasteiger charge is 2.45. The van der Waals surface area contributed by atoms with Gasteiger partial charge in [0.25, 0.3) is 0 Å². The molecule has 0 spiro atoms. The number of amides is 2. The monoisotopic (exact) mass is 391 g/mol. The Morgan fingerprint density at radius 2 is 2.18 bits per heavy atom. The number of H-pyrrole nitrogens is 1. The van der Waals surface area contributed by atoms with Crippen molar-refractivity contribution in [1.29, 1.82) is 0 Å². The van der Waals surface area contributed by atoms with E-state index in [-0.39, 0.29) is 12.5 Å². The van der Waals surface area contributed by atoms with E-state index in [4.69, 9.17) is 9.47 Å². The van der Waals surface area contributed by atoms with Crippen LogP contribution in [0.15, 0.2) is 36.1 Å². The number of aromatic amines is 1. The molecule has 2 heterocycles. The zero-order valence-corrected chi connectivity index (χ0v) is 16.2. The highest BCUT2D eigenvalue weighted by Crippen LogP contribution is 2.40. The number of nitrogens with one attached hydrogen (secondary N) is 3. The Hall–Kier alpha value is -3.01. The number of morpholine rings is 1. The van der Waals surface area contributed by atoms with Gasteiger partial charge in [0.15, 0.2) is 0 Å². The van der Waals surface area contributed by atoms with Crippen molar-refractivity contribution in [3.05, 3.63) is 41.8 Å². The smallest absolute Gasteiger partial charge is 0.411 e. The number of imidazole rings is 1. The first kappa shape index (κ1) is 19.7. The number of carbonyl (C=O) groups excluding carboxylic acids is 2. The van der Waals surface area contributed by atoms with E-state index in [1.807, 2.05) is 19.1 Å². The fraction of sp³-hybridized carbons (Fsp3) is 0.500. The molecule has 3 rings (SSSR count). The van der Waals surface area contributed by atoms with Crippen LogP contribution < -0.4 is 10.6 Å². The molecule has 0 saturated carbocycles. The summed E-state index contributed by atoms with van der Waals surface area (Å²) < 4.78 is 15.5. The molecule has 152 valence electrons. The molecule has 10 nitrogen and oxygen atoms in total. The molecule has 1 aliphatic heterocycles. The van der Waals surface area contributed by atoms with Crippen LogP contribution in [-0.4, -0.2) is 66.6 Å². The van der Waals surface area contributed by atoms with Crippen molar-refractivity contribution in [1.82, 2.24) is 25.5 Å². The largest absolute Gasteiger partial charge is 0.453 e. The van der Waals surface area contributed by atoms with Crippen molar-refractivity contribution >= 4 is 12.2 Å². The molecule has 1 aliphatic carbocycles. The van der Waals surface area contributed by atoms with Crippen LogP contribution in [0, 0.1) is 5.92 Å². The summed E-state index contributed by atoms with van der Waals surface area (Å²) in [6.45, 7) is 4.10. The van der Waals surface area contributed by atoms with E-state index in [1.165, 1.54) is 14.2 Å². The summed E-state index contributed by atoms with van der Waals surface area (Å²) >= 11 is 0. The van der Waals surface area contributed by atoms with Crippen molar-refractivity contribution in [2.24, 2.45) is 5.92 Å². The van der Waals surface area contributed by atoms with Gasteiger partial charge in [-0.15, -0.1) is 0 Å². The third-order valence-electron chi connectivity index (χ3n) is 4.99. The van der Waals surface area contributed by atoms with E-state index >= 15 is 0 Å². The van der Waals surface area contributed by atoms with Gasteiger partial charge in [-0.3, -0.25) is 5.32 Å². The molecule has 2 unspecified atom stereocenters. The second-order valence-electron chi connectivity index (χ2n) is 6.70. The number of carbonyl (C=O) groups is 2. The highest BCUT2D eigenvalue weighted by atomic mass is 16.5. The van der Waals surface area contributed by atoms with Crippen LogP contribution in [0.25, 0.3) is 0 Å². The van der Waals surface area contributed by atoms with Gasteiger partial charge < -0.3 is 29.4 Å². The number of hydrogen-bond acceptors (Lipinski definition) is 7. The summed E-state index contributed by atoms with van der Waals surface area (Å²) in [5.41, 5.74) is 1.77. The zero-order chi connectivity index (χ0) is 20.1. The third kappa shape index (κ3) is 4.11. The van der Waals surface area contributed by atoms with E-state index in [0.29, 0.717) is 25.4 Å². The fourth-order valence-corrected chi connectivity index (χ4v) is 3.49. The number of ether oxygens (including phenoxy) is 3. The lowest BCUT2D eigenvalue weighted by Gasteiger charge is -2.49. The molecule has 1 saturated heterocycles. The lowest BCUT2D eigenvalue weighted by atomic mass is 9.79. The molecule has 10 heteroatoms. The third-order valence-corrected chi connectivity index (χ3v) is 4.99. The van der Waals surface area contributed by atoms with Crippen molar-refractivity contribution in [3.63, 3.8) is 0 Å². The average molecular weight is 391 g/mol. The van der Waals surface area contributed by atoms with Crippen LogP contribution >= 0.6 is 0 Å². The van der Waals surface area contributed by atoms with Gasteiger partial charge in [-0.05, 0) is 13.0 Å². The normalized spacial score (nSPS) is 23.8. The maximum Gasteiger partial charge on any atom is 0.411 e. The molecule has 0 radical (unpaired) electrons. The van der Waals surface area contributed by atoms with Gasteiger partial charge >= 0.3 is 12.2 Å². The predicted octanol–water partition coefficient (Wildman–Crippen LogP) is 1.11. The summed E-state index contributed by atoms with van der Waals surface area (Å²) in [6, 6.07) is 0. The number of allylic oxidation sites excluding steroid dienone is 1. The molecule has 0 aromatic carbocycles. The van der Waals surface area contributed by atoms with Crippen molar-refractivity contribution in [3.8, 4) is 0 Å². The summed E-state index contributed by atoms with van der Waals surface area (Å²) in [4.78, 5) is 32.7. The molecule has 2 aliphatic rings. The van der Waals surface area contributed by atoms with Crippen LogP contribution in [0.3, 0.4) is 0 Å². The van der Waals surface area contributed by atoms with Crippen LogP contribution in [0.1, 0.15) is 12.6 Å². The van der Waals surface area contributed by atoms with Crippen molar-refractivity contribution in [2.75, 3.05) is 33.9 Å². The zero-order valence-electron chi connectivity index (χ0n) is 16.2. The maximum absolute atomic E-state index is 11.7. The van der Waals surface area contributed by atoms with E-state index in [9.17, 15) is 9.59 Å². The Kier molecular flexibility index (Phi) is 5.88. The number of fused-ring (bicyclic) bond motifs is 1. The molecule has 28 heavy (non-hydrogen) atoms. The Morgan fingerprint density at radius 3 is 2.86 bits per heavy atom. The van der Waals surface area contributed by atoms with Crippen LogP contribution in [-0.2, 0) is 20.8 Å². The predicted molar refractivity (Wildman–Crippen MR) is 99.0 cm³/mol. The van der Waals surface area contributed by atoms with Gasteiger partial charge in [0.2, 0.25) is 0 Å². The van der Waals surface area contributed by atoms with Gasteiger partial charge in [-0.2, -0.15) is 0 Å². The van der Waals surface area contributed by atoms with Gasteiger partial charge in [0, 0.05) is 36.6 Å². The van der Waals surface area contributed by atoms with Gasteiger partial charge in [-0.25, -0.2) is 14.6 Å². The number of alkyl carbamates (subject to hydrolysis) is 2. The summed E-state index contributed by atoms with van der Waals surface area (Å²) in [5, 5.41) is 5.42. The molecule has 2 atom stereocenters.